The topological polar surface area (TPSA) is 79.6 Å². The number of imide groups is 1. The highest BCUT2D eigenvalue weighted by Gasteiger charge is 2.76. The molecule has 2 unspecified atom stereocenters. The quantitative estimate of drug-likeness (QED) is 0.702. The van der Waals surface area contributed by atoms with E-state index in [9.17, 15) is 22.8 Å². The summed E-state index contributed by atoms with van der Waals surface area (Å²) in [7, 11) is 0. The third-order valence-corrected chi connectivity index (χ3v) is 6.83. The molecule has 9 heteroatoms. The second kappa shape index (κ2) is 5.83. The number of amides is 2. The molecule has 6 nitrogen and oxygen atoms in total. The van der Waals surface area contributed by atoms with E-state index in [1.54, 1.807) is 13.8 Å². The molecule has 3 heterocycles. The number of fused-ring (bicyclic) bond motifs is 5. The summed E-state index contributed by atoms with van der Waals surface area (Å²) < 4.78 is 52.4. The first-order valence-corrected chi connectivity index (χ1v) is 9.84. The predicted octanol–water partition coefficient (Wildman–Crippen LogP) is 3.18. The fourth-order valence-electron chi connectivity index (χ4n) is 5.37. The van der Waals surface area contributed by atoms with Gasteiger partial charge < -0.3 is 9.47 Å². The van der Waals surface area contributed by atoms with Crippen LogP contribution in [0.4, 0.5) is 18.9 Å². The van der Waals surface area contributed by atoms with Crippen LogP contribution in [0.3, 0.4) is 0 Å². The Morgan fingerprint density at radius 3 is 2.47 bits per heavy atom. The number of hydrogen-bond donors (Lipinski definition) is 0. The number of halogens is 3. The summed E-state index contributed by atoms with van der Waals surface area (Å²) in [6.45, 7) is 3.52. The molecule has 3 saturated heterocycles. The van der Waals surface area contributed by atoms with Gasteiger partial charge in [-0.05, 0) is 44.9 Å². The van der Waals surface area contributed by atoms with Crippen LogP contribution in [0, 0.1) is 23.2 Å². The normalized spacial score (nSPS) is 37.6. The Morgan fingerprint density at radius 1 is 1.20 bits per heavy atom. The van der Waals surface area contributed by atoms with Crippen molar-refractivity contribution < 1.29 is 32.2 Å². The lowest BCUT2D eigenvalue weighted by Gasteiger charge is -2.35. The second-order valence-corrected chi connectivity index (χ2v) is 8.93. The molecule has 0 spiro atoms. The van der Waals surface area contributed by atoms with Crippen LogP contribution >= 0.6 is 0 Å². The van der Waals surface area contributed by atoms with Crippen LogP contribution in [-0.2, 0) is 25.2 Å². The molecule has 158 valence electrons. The van der Waals surface area contributed by atoms with Crippen molar-refractivity contribution >= 4 is 17.5 Å². The third-order valence-electron chi connectivity index (χ3n) is 6.83. The van der Waals surface area contributed by atoms with E-state index in [0.29, 0.717) is 12.5 Å². The Balaban J connectivity index is 1.54. The number of carbonyl (C=O) groups excluding carboxylic acids is 2. The molecular formula is C21H19F3N2O4. The first-order chi connectivity index (χ1) is 14.0. The number of nitriles is 1. The van der Waals surface area contributed by atoms with Crippen molar-refractivity contribution in [2.75, 3.05) is 4.90 Å². The number of alkyl halides is 3. The minimum Gasteiger partial charge on any atom is -0.372 e. The number of anilines is 1. The van der Waals surface area contributed by atoms with Gasteiger partial charge in [-0.3, -0.25) is 9.59 Å². The lowest BCUT2D eigenvalue weighted by molar-refractivity contribution is -0.139. The number of rotatable bonds is 3. The van der Waals surface area contributed by atoms with Crippen molar-refractivity contribution in [1.29, 1.82) is 5.26 Å². The molecule has 1 aromatic carbocycles. The fraction of sp³-hybridized carbons (Fsp3) is 0.571. The van der Waals surface area contributed by atoms with Gasteiger partial charge in [0.1, 0.15) is 5.60 Å². The van der Waals surface area contributed by atoms with Gasteiger partial charge in [0.15, 0.2) is 0 Å². The van der Waals surface area contributed by atoms with Gasteiger partial charge in [-0.15, -0.1) is 0 Å². The molecule has 1 aliphatic carbocycles. The van der Waals surface area contributed by atoms with Gasteiger partial charge in [-0.25, -0.2) is 4.90 Å². The maximum Gasteiger partial charge on any atom is 0.417 e. The average molecular weight is 420 g/mol. The Kier molecular flexibility index (Phi) is 3.79. The van der Waals surface area contributed by atoms with Gasteiger partial charge in [0.05, 0.1) is 52.5 Å². The van der Waals surface area contributed by atoms with E-state index in [1.165, 1.54) is 12.1 Å². The van der Waals surface area contributed by atoms with Crippen LogP contribution in [0.2, 0.25) is 0 Å². The lowest BCUT2D eigenvalue weighted by Crippen LogP contribution is -2.50. The van der Waals surface area contributed by atoms with Gasteiger partial charge in [0.2, 0.25) is 11.8 Å². The maximum atomic E-state index is 13.4. The van der Waals surface area contributed by atoms with E-state index in [-0.39, 0.29) is 17.9 Å². The molecule has 2 bridgehead atoms. The van der Waals surface area contributed by atoms with Crippen molar-refractivity contribution in [2.45, 2.75) is 62.7 Å². The molecule has 5 rings (SSSR count). The molecule has 2 amide bonds. The number of carbonyl (C=O) groups is 2. The summed E-state index contributed by atoms with van der Waals surface area (Å²) in [5.74, 6) is -2.76. The number of nitrogens with zero attached hydrogens (tertiary/aromatic N) is 2. The summed E-state index contributed by atoms with van der Waals surface area (Å²) in [6.07, 6.45) is -2.65. The first-order valence-electron chi connectivity index (χ1n) is 9.84. The van der Waals surface area contributed by atoms with E-state index in [0.717, 1.165) is 23.8 Å². The standard InChI is InChI=1S/C21H19F3N2O4/c1-19-8-14(29-12-5-6-12)20(2,30-19)16-15(19)17(27)26(18(16)28)11-4-3-10(9-25)13(7-11)21(22,23)24/h3-4,7,12,14-16H,5-6,8H2,1-2H3/t14-,15+,16-,19?,20?/m0/s1. The van der Waals surface area contributed by atoms with Crippen LogP contribution in [0.1, 0.15) is 44.2 Å². The van der Waals surface area contributed by atoms with Crippen molar-refractivity contribution in [3.05, 3.63) is 29.3 Å². The maximum absolute atomic E-state index is 13.4. The Hall–Kier alpha value is -2.44. The second-order valence-electron chi connectivity index (χ2n) is 8.93. The van der Waals surface area contributed by atoms with Gasteiger partial charge in [0, 0.05) is 6.42 Å². The summed E-state index contributed by atoms with van der Waals surface area (Å²) in [5, 5.41) is 9.00. The molecule has 4 aliphatic rings. The summed E-state index contributed by atoms with van der Waals surface area (Å²) in [4.78, 5) is 27.4. The summed E-state index contributed by atoms with van der Waals surface area (Å²) in [6, 6.07) is 4.39. The summed E-state index contributed by atoms with van der Waals surface area (Å²) in [5.41, 5.74) is -3.85. The first kappa shape index (κ1) is 19.5. The number of hydrogen-bond acceptors (Lipinski definition) is 5. The monoisotopic (exact) mass is 420 g/mol. The Bertz CT molecular complexity index is 1010. The van der Waals surface area contributed by atoms with Crippen molar-refractivity contribution in [3.63, 3.8) is 0 Å². The highest BCUT2D eigenvalue weighted by atomic mass is 19.4. The molecule has 0 N–H and O–H groups in total. The number of ether oxygens (including phenoxy) is 2. The molecule has 0 aromatic heterocycles. The minimum atomic E-state index is -4.79. The number of benzene rings is 1. The van der Waals surface area contributed by atoms with E-state index in [2.05, 4.69) is 0 Å². The van der Waals surface area contributed by atoms with E-state index >= 15 is 0 Å². The van der Waals surface area contributed by atoms with Crippen molar-refractivity contribution in [2.24, 2.45) is 11.8 Å². The van der Waals surface area contributed by atoms with Crippen LogP contribution in [-0.4, -0.2) is 35.2 Å². The molecule has 4 fully saturated rings. The molecule has 0 radical (unpaired) electrons. The highest BCUT2D eigenvalue weighted by molar-refractivity contribution is 6.23. The zero-order valence-electron chi connectivity index (χ0n) is 16.3. The van der Waals surface area contributed by atoms with Crippen LogP contribution in [0.25, 0.3) is 0 Å². The fourth-order valence-corrected chi connectivity index (χ4v) is 5.37. The third kappa shape index (κ3) is 2.50. The molecule has 3 aliphatic heterocycles. The highest BCUT2D eigenvalue weighted by Crippen LogP contribution is 2.62. The van der Waals surface area contributed by atoms with E-state index in [4.69, 9.17) is 14.7 Å². The van der Waals surface area contributed by atoms with Crippen molar-refractivity contribution in [1.82, 2.24) is 0 Å². The molecule has 1 saturated carbocycles. The van der Waals surface area contributed by atoms with Gasteiger partial charge in [-0.2, -0.15) is 18.4 Å². The molecular weight excluding hydrogens is 401 g/mol. The zero-order chi connectivity index (χ0) is 21.6. The molecule has 5 atom stereocenters. The minimum absolute atomic E-state index is 0.132. The average Bonchev–Trinajstić information content (AvgIpc) is 3.31. The van der Waals surface area contributed by atoms with Crippen LogP contribution in [0.5, 0.6) is 0 Å². The van der Waals surface area contributed by atoms with Gasteiger partial charge >= 0.3 is 6.18 Å². The largest absolute Gasteiger partial charge is 0.417 e. The lowest BCUT2D eigenvalue weighted by atomic mass is 9.67. The zero-order valence-corrected chi connectivity index (χ0v) is 16.3. The Labute approximate surface area is 170 Å². The molecule has 30 heavy (non-hydrogen) atoms. The van der Waals surface area contributed by atoms with Crippen LogP contribution < -0.4 is 4.90 Å². The van der Waals surface area contributed by atoms with Gasteiger partial charge in [-0.1, -0.05) is 0 Å². The smallest absolute Gasteiger partial charge is 0.372 e. The van der Waals surface area contributed by atoms with E-state index in [1.807, 2.05) is 0 Å². The predicted molar refractivity (Wildman–Crippen MR) is 96.0 cm³/mol. The van der Waals surface area contributed by atoms with Crippen LogP contribution in [0.15, 0.2) is 18.2 Å². The van der Waals surface area contributed by atoms with Gasteiger partial charge in [0.25, 0.3) is 0 Å². The van der Waals surface area contributed by atoms with Crippen molar-refractivity contribution in [3.8, 4) is 6.07 Å². The molecule has 1 aromatic rings. The Morgan fingerprint density at radius 2 is 1.87 bits per heavy atom. The SMILES string of the molecule is CC12C[C@H](OC3CC3)C(C)(O1)[C@@H]1C(=O)N(c3ccc(C#N)c(C(F)(F)F)c3)C(=O)[C@@H]12. The van der Waals surface area contributed by atoms with E-state index < -0.39 is 52.2 Å². The summed E-state index contributed by atoms with van der Waals surface area (Å²) >= 11 is 0.